The summed E-state index contributed by atoms with van der Waals surface area (Å²) in [6.45, 7) is 12.6. The van der Waals surface area contributed by atoms with Gasteiger partial charge in [-0.15, -0.1) is 5.10 Å². The van der Waals surface area contributed by atoms with E-state index in [4.69, 9.17) is 4.74 Å². The average Bonchev–Trinajstić information content (AvgIpc) is 2.91. The second-order valence-corrected chi connectivity index (χ2v) is 13.0. The number of pyridine rings is 1. The van der Waals surface area contributed by atoms with Crippen LogP contribution >= 0.6 is 0 Å². The van der Waals surface area contributed by atoms with Gasteiger partial charge in [0.1, 0.15) is 12.5 Å². The number of nitrogens with zero attached hydrogens (tertiary/aromatic N) is 4. The molecule has 2 heterocycles. The van der Waals surface area contributed by atoms with E-state index in [0.717, 1.165) is 18.2 Å². The van der Waals surface area contributed by atoms with E-state index in [1.165, 1.54) is 17.7 Å². The van der Waals surface area contributed by atoms with Gasteiger partial charge in [-0.3, -0.25) is 0 Å². The van der Waals surface area contributed by atoms with Crippen molar-refractivity contribution in [3.63, 3.8) is 0 Å². The minimum absolute atomic E-state index is 0.0358. The van der Waals surface area contributed by atoms with E-state index < -0.39 is 19.8 Å². The molecule has 0 atom stereocenters. The Morgan fingerprint density at radius 2 is 1.96 bits per heavy atom. The zero-order valence-corrected chi connectivity index (χ0v) is 16.9. The lowest BCUT2D eigenvalue weighted by atomic mass is 10.2. The summed E-state index contributed by atoms with van der Waals surface area (Å²) in [5.41, 5.74) is -0.535. The molecule has 0 fully saturated rings. The number of halogens is 3. The summed E-state index contributed by atoms with van der Waals surface area (Å²) in [5.74, 6) is 0.618. The van der Waals surface area contributed by atoms with Gasteiger partial charge in [0.2, 0.25) is 5.95 Å². The van der Waals surface area contributed by atoms with Crippen LogP contribution in [0.3, 0.4) is 0 Å². The molecule has 0 unspecified atom stereocenters. The maximum absolute atomic E-state index is 13.0. The van der Waals surface area contributed by atoms with Crippen molar-refractivity contribution in [3.05, 3.63) is 35.8 Å². The molecule has 0 bridgehead atoms. The van der Waals surface area contributed by atoms with E-state index in [1.807, 2.05) is 0 Å². The largest absolute Gasteiger partial charge is 0.416 e. The van der Waals surface area contributed by atoms with Crippen molar-refractivity contribution in [2.75, 3.05) is 11.9 Å². The fourth-order valence-corrected chi connectivity index (χ4v) is 2.93. The Kier molecular flexibility index (Phi) is 6.42. The molecule has 0 aromatic carbocycles. The fourth-order valence-electron chi connectivity index (χ4n) is 2.17. The molecule has 1 N–H and O–H groups in total. The molecule has 148 valence electrons. The highest BCUT2D eigenvalue weighted by Crippen LogP contribution is 2.31. The maximum Gasteiger partial charge on any atom is 0.416 e. The highest BCUT2D eigenvalue weighted by Gasteiger charge is 2.31. The van der Waals surface area contributed by atoms with Crippen molar-refractivity contribution in [3.8, 4) is 0 Å². The zero-order chi connectivity index (χ0) is 20.2. The molecule has 0 saturated carbocycles. The smallest absolute Gasteiger partial charge is 0.359 e. The van der Waals surface area contributed by atoms with Crippen LogP contribution in [-0.2, 0) is 17.6 Å². The lowest BCUT2D eigenvalue weighted by Gasteiger charge is -2.16. The first-order valence-electron chi connectivity index (χ1n) is 8.46. The van der Waals surface area contributed by atoms with Crippen molar-refractivity contribution < 1.29 is 17.9 Å². The van der Waals surface area contributed by atoms with Crippen molar-refractivity contribution >= 4 is 25.9 Å². The van der Waals surface area contributed by atoms with Gasteiger partial charge in [-0.1, -0.05) is 26.2 Å². The summed E-state index contributed by atoms with van der Waals surface area (Å²) in [7, 11) is -1.22. The van der Waals surface area contributed by atoms with E-state index in [-0.39, 0.29) is 24.2 Å². The topological polar surface area (TPSA) is 64.9 Å². The maximum atomic E-state index is 13.0. The summed E-state index contributed by atoms with van der Waals surface area (Å²) >= 11 is 0. The lowest BCUT2D eigenvalue weighted by molar-refractivity contribution is -0.137. The number of hydrogen-bond acceptors (Lipinski definition) is 5. The summed E-state index contributed by atoms with van der Waals surface area (Å²) in [4.78, 5) is 8.30. The van der Waals surface area contributed by atoms with Gasteiger partial charge in [0.05, 0.1) is 5.56 Å². The Morgan fingerprint density at radius 3 is 2.56 bits per heavy atom. The first-order chi connectivity index (χ1) is 12.5. The second-order valence-electron chi connectivity index (χ2n) is 7.35. The van der Waals surface area contributed by atoms with Crippen molar-refractivity contribution in [2.24, 2.45) is 0 Å². The van der Waals surface area contributed by atoms with Gasteiger partial charge in [-0.25, -0.2) is 9.67 Å². The third-order valence-electron chi connectivity index (χ3n) is 3.60. The van der Waals surface area contributed by atoms with Crippen LogP contribution in [0.5, 0.6) is 0 Å². The van der Waals surface area contributed by atoms with Gasteiger partial charge in [0.25, 0.3) is 0 Å². The van der Waals surface area contributed by atoms with Gasteiger partial charge in [0, 0.05) is 20.4 Å². The number of alkyl halides is 3. The van der Waals surface area contributed by atoms with Crippen LogP contribution in [0.2, 0.25) is 25.7 Å². The van der Waals surface area contributed by atoms with E-state index >= 15 is 0 Å². The van der Waals surface area contributed by atoms with E-state index in [1.54, 1.807) is 0 Å². The fraction of sp³-hybridized carbons (Fsp3) is 0.471. The molecule has 10 heteroatoms. The van der Waals surface area contributed by atoms with Gasteiger partial charge in [-0.05, 0) is 31.2 Å². The molecule has 6 nitrogen and oxygen atoms in total. The standard InChI is InChI=1S/C17H24F3N5OSi/c1-6-14-22-16(25(24-14)11-26-7-8-27(3,4)5)23-15-10-13(17(18,19)20)9-12(2)21-15/h6,9-10H,1,7-8,11H2,2-5H3,(H,21,22,23,24). The molecule has 0 amide bonds. The zero-order valence-electron chi connectivity index (χ0n) is 15.9. The molecular formula is C17H24F3N5OSi. The second kappa shape index (κ2) is 8.22. The van der Waals surface area contributed by atoms with Crippen molar-refractivity contribution in [1.29, 1.82) is 0 Å². The summed E-state index contributed by atoms with van der Waals surface area (Å²) in [6.07, 6.45) is -3.00. The van der Waals surface area contributed by atoms with E-state index in [2.05, 4.69) is 46.6 Å². The molecule has 27 heavy (non-hydrogen) atoms. The number of nitrogens with one attached hydrogen (secondary N) is 1. The molecule has 0 aliphatic rings. The molecule has 0 spiro atoms. The predicted molar refractivity (Wildman–Crippen MR) is 101 cm³/mol. The quantitative estimate of drug-likeness (QED) is 0.515. The van der Waals surface area contributed by atoms with Crippen LogP contribution < -0.4 is 5.32 Å². The van der Waals surface area contributed by atoms with Crippen LogP contribution in [0.25, 0.3) is 6.08 Å². The number of aryl methyl sites for hydroxylation is 1. The van der Waals surface area contributed by atoms with Crippen LogP contribution in [0, 0.1) is 6.92 Å². The molecule has 0 aliphatic heterocycles. The van der Waals surface area contributed by atoms with Gasteiger partial charge < -0.3 is 10.1 Å². The highest BCUT2D eigenvalue weighted by atomic mass is 28.3. The Labute approximate surface area is 157 Å². The number of aromatic nitrogens is 4. The van der Waals surface area contributed by atoms with Crippen LogP contribution in [0.15, 0.2) is 18.7 Å². The van der Waals surface area contributed by atoms with Crippen LogP contribution in [0.4, 0.5) is 24.9 Å². The van der Waals surface area contributed by atoms with Crippen molar-refractivity contribution in [2.45, 2.75) is 45.5 Å². The molecular weight excluding hydrogens is 375 g/mol. The Morgan fingerprint density at radius 1 is 1.26 bits per heavy atom. The molecule has 2 aromatic heterocycles. The molecule has 0 radical (unpaired) electrons. The Balaban J connectivity index is 2.17. The normalized spacial score (nSPS) is 12.3. The number of rotatable bonds is 8. The third-order valence-corrected chi connectivity index (χ3v) is 5.31. The third kappa shape index (κ3) is 6.47. The summed E-state index contributed by atoms with van der Waals surface area (Å²) < 4.78 is 46.1. The molecule has 0 aliphatic carbocycles. The number of ether oxygens (including phenoxy) is 1. The lowest BCUT2D eigenvalue weighted by Crippen LogP contribution is -2.22. The van der Waals surface area contributed by atoms with E-state index in [0.29, 0.717) is 12.4 Å². The number of anilines is 2. The molecule has 2 rings (SSSR count). The Bertz CT molecular complexity index is 799. The van der Waals surface area contributed by atoms with Gasteiger partial charge in [-0.2, -0.15) is 18.2 Å². The van der Waals surface area contributed by atoms with Gasteiger partial charge >= 0.3 is 6.18 Å². The van der Waals surface area contributed by atoms with Crippen LogP contribution in [0.1, 0.15) is 17.1 Å². The molecule has 2 aromatic rings. The first kappa shape index (κ1) is 21.1. The SMILES string of the molecule is C=Cc1nc(Nc2cc(C(F)(F)F)cc(C)n2)n(COCC[Si](C)(C)C)n1. The number of hydrogen-bond donors (Lipinski definition) is 1. The van der Waals surface area contributed by atoms with E-state index in [9.17, 15) is 13.2 Å². The first-order valence-corrected chi connectivity index (χ1v) is 12.2. The minimum Gasteiger partial charge on any atom is -0.359 e. The van der Waals surface area contributed by atoms with Gasteiger partial charge in [0.15, 0.2) is 5.82 Å². The summed E-state index contributed by atoms with van der Waals surface area (Å²) in [6, 6.07) is 2.92. The Hall–Kier alpha value is -2.20. The van der Waals surface area contributed by atoms with Crippen molar-refractivity contribution in [1.82, 2.24) is 19.7 Å². The highest BCUT2D eigenvalue weighted by molar-refractivity contribution is 6.76. The average molecular weight is 399 g/mol. The van der Waals surface area contributed by atoms with Crippen LogP contribution in [-0.4, -0.2) is 34.4 Å². The predicted octanol–water partition coefficient (Wildman–Crippen LogP) is 4.70. The summed E-state index contributed by atoms with van der Waals surface area (Å²) in [5, 5.41) is 7.01. The molecule has 0 saturated heterocycles. The minimum atomic E-state index is -4.45. The monoisotopic (exact) mass is 399 g/mol.